The monoisotopic (exact) mass is 312 g/mol. The molecule has 2 nitrogen and oxygen atoms in total. The van der Waals surface area contributed by atoms with Crippen molar-refractivity contribution in [3.8, 4) is 0 Å². The number of hydrogen-bond acceptors (Lipinski definition) is 2. The summed E-state index contributed by atoms with van der Waals surface area (Å²) in [5, 5.41) is 5.75. The molecule has 0 unspecified atom stereocenters. The van der Waals surface area contributed by atoms with Gasteiger partial charge < -0.3 is 11.1 Å². The maximum atomic E-state index is 5.93. The Morgan fingerprint density at radius 1 is 0.842 bits per heavy atom. The van der Waals surface area contributed by atoms with Gasteiger partial charge in [-0.2, -0.15) is 0 Å². The molecule has 0 bridgehead atoms. The summed E-state index contributed by atoms with van der Waals surface area (Å²) >= 11 is 3.48. The van der Waals surface area contributed by atoms with Gasteiger partial charge in [0.25, 0.3) is 0 Å². The smallest absolute Gasteiger partial charge is 0.0617 e. The second-order valence-electron chi connectivity index (χ2n) is 4.42. The Balaban J connectivity index is 1.98. The first-order chi connectivity index (χ1) is 9.22. The zero-order chi connectivity index (χ0) is 13.2. The van der Waals surface area contributed by atoms with Crippen LogP contribution in [-0.4, -0.2) is 0 Å². The topological polar surface area (TPSA) is 38.0 Å². The molecule has 19 heavy (non-hydrogen) atoms. The Hall–Kier alpha value is -2.00. The third kappa shape index (κ3) is 2.56. The van der Waals surface area contributed by atoms with Crippen LogP contribution in [0.1, 0.15) is 0 Å². The van der Waals surface area contributed by atoms with Gasteiger partial charge in [-0.3, -0.25) is 0 Å². The molecule has 3 heteroatoms. The number of nitrogens with one attached hydrogen (secondary N) is 1. The molecule has 0 aliphatic rings. The van der Waals surface area contributed by atoms with Crippen molar-refractivity contribution in [1.82, 2.24) is 0 Å². The van der Waals surface area contributed by atoms with Crippen molar-refractivity contribution < 1.29 is 0 Å². The normalized spacial score (nSPS) is 10.6. The molecular formula is C16H13BrN2. The average molecular weight is 313 g/mol. The van der Waals surface area contributed by atoms with Crippen LogP contribution in [0, 0.1) is 0 Å². The predicted octanol–water partition coefficient (Wildman–Crippen LogP) is 4.93. The van der Waals surface area contributed by atoms with Gasteiger partial charge in [-0.05, 0) is 47.2 Å². The largest absolute Gasteiger partial charge is 0.397 e. The van der Waals surface area contributed by atoms with Crippen LogP contribution in [0.4, 0.5) is 17.1 Å². The van der Waals surface area contributed by atoms with Crippen LogP contribution in [-0.2, 0) is 0 Å². The van der Waals surface area contributed by atoms with Gasteiger partial charge in [-0.25, -0.2) is 0 Å². The number of benzene rings is 3. The van der Waals surface area contributed by atoms with Crippen LogP contribution in [0.3, 0.4) is 0 Å². The van der Waals surface area contributed by atoms with Gasteiger partial charge in [-0.15, -0.1) is 0 Å². The maximum absolute atomic E-state index is 5.93. The van der Waals surface area contributed by atoms with Gasteiger partial charge in [0.15, 0.2) is 0 Å². The molecule has 3 rings (SSSR count). The van der Waals surface area contributed by atoms with E-state index in [1.54, 1.807) is 0 Å². The summed E-state index contributed by atoms with van der Waals surface area (Å²) in [6.45, 7) is 0. The van der Waals surface area contributed by atoms with Gasteiger partial charge >= 0.3 is 0 Å². The minimum Gasteiger partial charge on any atom is -0.397 e. The third-order valence-electron chi connectivity index (χ3n) is 3.04. The summed E-state index contributed by atoms with van der Waals surface area (Å²) in [7, 11) is 0. The molecule has 0 radical (unpaired) electrons. The molecular weight excluding hydrogens is 300 g/mol. The van der Waals surface area contributed by atoms with Crippen molar-refractivity contribution in [2.75, 3.05) is 11.1 Å². The molecule has 3 aromatic rings. The molecule has 0 atom stereocenters. The first kappa shape index (κ1) is 12.1. The quantitative estimate of drug-likeness (QED) is 0.658. The minimum atomic E-state index is 0.749. The second kappa shape index (κ2) is 4.94. The van der Waals surface area contributed by atoms with Crippen molar-refractivity contribution in [3.63, 3.8) is 0 Å². The summed E-state index contributed by atoms with van der Waals surface area (Å²) < 4.78 is 1.09. The predicted molar refractivity (Wildman–Crippen MR) is 85.8 cm³/mol. The van der Waals surface area contributed by atoms with E-state index in [1.807, 2.05) is 30.3 Å². The van der Waals surface area contributed by atoms with Crippen molar-refractivity contribution >= 4 is 43.8 Å². The lowest BCUT2D eigenvalue weighted by Gasteiger charge is -2.10. The lowest BCUT2D eigenvalue weighted by Crippen LogP contribution is -1.95. The SMILES string of the molecule is Nc1ccccc1Nc1ccc2cc(Br)ccc2c1. The van der Waals surface area contributed by atoms with E-state index in [0.29, 0.717) is 0 Å². The summed E-state index contributed by atoms with van der Waals surface area (Å²) in [5.74, 6) is 0. The minimum absolute atomic E-state index is 0.749. The van der Waals surface area contributed by atoms with Crippen molar-refractivity contribution in [3.05, 3.63) is 65.1 Å². The zero-order valence-electron chi connectivity index (χ0n) is 10.2. The Morgan fingerprint density at radius 2 is 1.58 bits per heavy atom. The van der Waals surface area contributed by atoms with E-state index >= 15 is 0 Å². The molecule has 0 aliphatic carbocycles. The van der Waals surface area contributed by atoms with E-state index in [0.717, 1.165) is 21.5 Å². The highest BCUT2D eigenvalue weighted by Gasteiger charge is 2.00. The van der Waals surface area contributed by atoms with E-state index in [1.165, 1.54) is 10.8 Å². The van der Waals surface area contributed by atoms with Crippen LogP contribution < -0.4 is 11.1 Å². The summed E-state index contributed by atoms with van der Waals surface area (Å²) in [5.41, 5.74) is 8.65. The van der Waals surface area contributed by atoms with Crippen LogP contribution in [0.5, 0.6) is 0 Å². The molecule has 0 amide bonds. The Labute approximate surface area is 120 Å². The Kier molecular flexibility index (Phi) is 3.13. The van der Waals surface area contributed by atoms with E-state index in [9.17, 15) is 0 Å². The fourth-order valence-corrected chi connectivity index (χ4v) is 2.44. The van der Waals surface area contributed by atoms with E-state index < -0.39 is 0 Å². The standard InChI is InChI=1S/C16H13BrN2/c17-13-7-5-12-10-14(8-6-11(12)9-13)19-16-4-2-1-3-15(16)18/h1-10,19H,18H2. The number of fused-ring (bicyclic) bond motifs is 1. The van der Waals surface area contributed by atoms with Crippen molar-refractivity contribution in [2.24, 2.45) is 0 Å². The van der Waals surface area contributed by atoms with Gasteiger partial charge in [-0.1, -0.05) is 40.2 Å². The average Bonchev–Trinajstić information content (AvgIpc) is 2.41. The molecule has 3 aromatic carbocycles. The molecule has 3 N–H and O–H groups in total. The molecule has 0 aliphatic heterocycles. The van der Waals surface area contributed by atoms with Gasteiger partial charge in [0.05, 0.1) is 11.4 Å². The van der Waals surface area contributed by atoms with Crippen LogP contribution in [0.25, 0.3) is 10.8 Å². The second-order valence-corrected chi connectivity index (χ2v) is 5.33. The summed E-state index contributed by atoms with van der Waals surface area (Å²) in [4.78, 5) is 0. The fourth-order valence-electron chi connectivity index (χ4n) is 2.06. The number of hydrogen-bond donors (Lipinski definition) is 2. The summed E-state index contributed by atoms with van der Waals surface area (Å²) in [6.07, 6.45) is 0. The van der Waals surface area contributed by atoms with Crippen LogP contribution in [0.2, 0.25) is 0 Å². The molecule has 0 saturated carbocycles. The molecule has 0 fully saturated rings. The van der Waals surface area contributed by atoms with Crippen molar-refractivity contribution in [2.45, 2.75) is 0 Å². The molecule has 94 valence electrons. The van der Waals surface area contributed by atoms with Crippen LogP contribution in [0.15, 0.2) is 65.1 Å². The number of nitrogens with two attached hydrogens (primary N) is 1. The number of anilines is 3. The zero-order valence-corrected chi connectivity index (χ0v) is 11.8. The van der Waals surface area contributed by atoms with E-state index in [4.69, 9.17) is 5.73 Å². The van der Waals surface area contributed by atoms with Gasteiger partial charge in [0, 0.05) is 10.2 Å². The molecule has 0 heterocycles. The van der Waals surface area contributed by atoms with E-state index in [2.05, 4.69) is 51.6 Å². The lowest BCUT2D eigenvalue weighted by molar-refractivity contribution is 1.56. The first-order valence-corrected chi connectivity index (χ1v) is 6.82. The fraction of sp³-hybridized carbons (Fsp3) is 0. The highest BCUT2D eigenvalue weighted by molar-refractivity contribution is 9.10. The Bertz CT molecular complexity index is 738. The molecule has 0 saturated heterocycles. The lowest BCUT2D eigenvalue weighted by atomic mass is 10.1. The Morgan fingerprint density at radius 3 is 2.42 bits per heavy atom. The highest BCUT2D eigenvalue weighted by atomic mass is 79.9. The number of rotatable bonds is 2. The van der Waals surface area contributed by atoms with Crippen molar-refractivity contribution in [1.29, 1.82) is 0 Å². The number of para-hydroxylation sites is 2. The van der Waals surface area contributed by atoms with Gasteiger partial charge in [0.2, 0.25) is 0 Å². The first-order valence-electron chi connectivity index (χ1n) is 6.03. The molecule has 0 aromatic heterocycles. The number of halogens is 1. The van der Waals surface area contributed by atoms with E-state index in [-0.39, 0.29) is 0 Å². The van der Waals surface area contributed by atoms with Gasteiger partial charge in [0.1, 0.15) is 0 Å². The van der Waals surface area contributed by atoms with Crippen LogP contribution >= 0.6 is 15.9 Å². The molecule has 0 spiro atoms. The number of nitrogen functional groups attached to an aromatic ring is 1. The third-order valence-corrected chi connectivity index (χ3v) is 3.54. The maximum Gasteiger partial charge on any atom is 0.0617 e. The summed E-state index contributed by atoms with van der Waals surface area (Å²) in [6, 6.07) is 20.3. The highest BCUT2D eigenvalue weighted by Crippen LogP contribution is 2.26.